The highest BCUT2D eigenvalue weighted by Crippen LogP contribution is 2.22. The smallest absolute Gasteiger partial charge is 0.313 e. The van der Waals surface area contributed by atoms with Gasteiger partial charge in [-0.25, -0.2) is 0 Å². The van der Waals surface area contributed by atoms with Gasteiger partial charge in [0.05, 0.1) is 17.9 Å². The molecule has 1 amide bonds. The van der Waals surface area contributed by atoms with Gasteiger partial charge in [0.15, 0.2) is 0 Å². The number of hydrogen-bond acceptors (Lipinski definition) is 5. The van der Waals surface area contributed by atoms with Crippen LogP contribution in [0.4, 0.5) is 0 Å². The highest BCUT2D eigenvalue weighted by atomic mass is 32.2. The van der Waals surface area contributed by atoms with Gasteiger partial charge in [0.2, 0.25) is 5.91 Å². The topological polar surface area (TPSA) is 77.8 Å². The Hall–Kier alpha value is -1.57. The van der Waals surface area contributed by atoms with Crippen LogP contribution in [-0.4, -0.2) is 57.2 Å². The number of carboxylic acids is 1. The van der Waals surface area contributed by atoms with Crippen molar-refractivity contribution < 1.29 is 19.8 Å². The number of thioether (sulfide) groups is 1. The number of carbonyl (C=O) groups excluding carboxylic acids is 1. The molecule has 28 heavy (non-hydrogen) atoms. The summed E-state index contributed by atoms with van der Waals surface area (Å²) in [6.07, 6.45) is 11.0. The van der Waals surface area contributed by atoms with Gasteiger partial charge in [0.25, 0.3) is 0 Å². The molecule has 2 N–H and O–H groups in total. The lowest BCUT2D eigenvalue weighted by molar-refractivity contribution is -0.135. The second-order valence-corrected chi connectivity index (χ2v) is 8.80. The summed E-state index contributed by atoms with van der Waals surface area (Å²) in [6, 6.07) is 2.11. The van der Waals surface area contributed by atoms with E-state index in [1.165, 1.54) is 22.2 Å². The second-order valence-electron chi connectivity index (χ2n) is 6.76. The molecule has 1 aromatic rings. The zero-order chi connectivity index (χ0) is 20.4. The molecule has 0 radical (unpaired) electrons. The van der Waals surface area contributed by atoms with Gasteiger partial charge in [-0.1, -0.05) is 31.2 Å². The molecule has 7 heteroatoms. The predicted octanol–water partition coefficient (Wildman–Crippen LogP) is 3.53. The molecule has 2 rings (SSSR count). The van der Waals surface area contributed by atoms with E-state index < -0.39 is 12.1 Å². The highest BCUT2D eigenvalue weighted by Gasteiger charge is 2.25. The molecule has 1 fully saturated rings. The van der Waals surface area contributed by atoms with Crippen LogP contribution in [0.25, 0.3) is 0 Å². The number of aryl methyl sites for hydroxylation is 1. The van der Waals surface area contributed by atoms with Crippen molar-refractivity contribution in [1.29, 1.82) is 0 Å². The monoisotopic (exact) mass is 423 g/mol. The van der Waals surface area contributed by atoms with Crippen LogP contribution in [0, 0.1) is 0 Å². The third kappa shape index (κ3) is 7.45. The molecular formula is C21H29NO4S2. The van der Waals surface area contributed by atoms with Crippen molar-refractivity contribution in [2.24, 2.45) is 0 Å². The molecule has 0 aromatic carbocycles. The largest absolute Gasteiger partial charge is 0.481 e. The summed E-state index contributed by atoms with van der Waals surface area (Å²) in [5, 5.41) is 21.1. The number of rotatable bonds is 11. The lowest BCUT2D eigenvalue weighted by Gasteiger charge is -2.33. The number of aliphatic hydroxyl groups excluding tert-OH is 1. The predicted molar refractivity (Wildman–Crippen MR) is 116 cm³/mol. The Morgan fingerprint density at radius 3 is 3.04 bits per heavy atom. The van der Waals surface area contributed by atoms with Gasteiger partial charge >= 0.3 is 5.97 Å². The van der Waals surface area contributed by atoms with E-state index in [0.29, 0.717) is 25.1 Å². The van der Waals surface area contributed by atoms with Crippen molar-refractivity contribution in [2.75, 3.05) is 18.1 Å². The van der Waals surface area contributed by atoms with E-state index in [4.69, 9.17) is 5.11 Å². The van der Waals surface area contributed by atoms with E-state index in [0.717, 1.165) is 19.3 Å². The number of hydrogen-bond donors (Lipinski definition) is 2. The molecular weight excluding hydrogens is 394 g/mol. The van der Waals surface area contributed by atoms with Crippen LogP contribution in [-0.2, 0) is 22.4 Å². The maximum atomic E-state index is 12.3. The van der Waals surface area contributed by atoms with Crippen LogP contribution in [0.2, 0.25) is 0 Å². The number of nitrogens with zero attached hydrogens (tertiary/aromatic N) is 1. The van der Waals surface area contributed by atoms with Crippen LogP contribution in [0.5, 0.6) is 0 Å². The quantitative estimate of drug-likeness (QED) is 0.421. The van der Waals surface area contributed by atoms with E-state index in [-0.39, 0.29) is 17.7 Å². The third-order valence-corrected chi connectivity index (χ3v) is 6.55. The number of aliphatic carboxylic acids is 1. The number of carboxylic acid groups (broad SMARTS) is 1. The standard InChI is InChI=1S/C21H29NO4S2/c1-2-16-10-13-28-19(16)14-18(23)9-8-17-6-5-7-20(24)22(17)11-3-4-12-27-15-21(25)26/h3-4,8-10,13,17-18,23H,2,5-7,11-12,14-15H2,1H3,(H,25,26)/b4-3-,9-8+/t17-,18?/m1/s1. The first-order chi connectivity index (χ1) is 13.5. The van der Waals surface area contributed by atoms with Crippen LogP contribution < -0.4 is 0 Å². The Labute approximate surface area is 175 Å². The Bertz CT molecular complexity index is 698. The molecule has 1 aliphatic heterocycles. The molecule has 1 aromatic heterocycles. The molecule has 0 bridgehead atoms. The number of carbonyl (C=O) groups is 2. The summed E-state index contributed by atoms with van der Waals surface area (Å²) in [4.78, 5) is 25.9. The van der Waals surface area contributed by atoms with Crippen LogP contribution >= 0.6 is 23.1 Å². The summed E-state index contributed by atoms with van der Waals surface area (Å²) in [6.45, 7) is 2.63. The van der Waals surface area contributed by atoms with E-state index >= 15 is 0 Å². The Morgan fingerprint density at radius 1 is 1.46 bits per heavy atom. The minimum atomic E-state index is -0.818. The van der Waals surface area contributed by atoms with Gasteiger partial charge < -0.3 is 15.1 Å². The molecule has 0 aliphatic carbocycles. The minimum absolute atomic E-state index is 0.00111. The SMILES string of the molecule is CCc1ccsc1CC(O)/C=C/[C@H]1CCCC(=O)N1C/C=C\CSCC(=O)O. The van der Waals surface area contributed by atoms with E-state index in [1.807, 2.05) is 29.2 Å². The molecule has 2 heterocycles. The van der Waals surface area contributed by atoms with Crippen LogP contribution in [0.15, 0.2) is 35.8 Å². The zero-order valence-corrected chi connectivity index (χ0v) is 17.9. The van der Waals surface area contributed by atoms with E-state index in [1.54, 1.807) is 11.3 Å². The van der Waals surface area contributed by atoms with Gasteiger partial charge in [0, 0.05) is 30.0 Å². The van der Waals surface area contributed by atoms with Crippen molar-refractivity contribution in [1.82, 2.24) is 4.90 Å². The second kappa shape index (κ2) is 12.1. The minimum Gasteiger partial charge on any atom is -0.481 e. The van der Waals surface area contributed by atoms with Gasteiger partial charge in [-0.3, -0.25) is 9.59 Å². The van der Waals surface area contributed by atoms with Gasteiger partial charge in [-0.15, -0.1) is 23.1 Å². The maximum Gasteiger partial charge on any atom is 0.313 e. The van der Waals surface area contributed by atoms with Crippen molar-refractivity contribution in [3.8, 4) is 0 Å². The van der Waals surface area contributed by atoms with Gasteiger partial charge in [0.1, 0.15) is 0 Å². The summed E-state index contributed by atoms with van der Waals surface area (Å²) in [5.74, 6) is 0.0145. The van der Waals surface area contributed by atoms with Crippen molar-refractivity contribution in [3.63, 3.8) is 0 Å². The fourth-order valence-electron chi connectivity index (χ4n) is 3.23. The first-order valence-electron chi connectivity index (χ1n) is 9.66. The number of aliphatic hydroxyl groups is 1. The van der Waals surface area contributed by atoms with E-state index in [2.05, 4.69) is 18.4 Å². The normalized spacial score (nSPS) is 19.0. The fraction of sp³-hybridized carbons (Fsp3) is 0.524. The fourth-order valence-corrected chi connectivity index (χ4v) is 4.82. The summed E-state index contributed by atoms with van der Waals surface area (Å²) >= 11 is 3.01. The first kappa shape index (κ1) is 22.7. The van der Waals surface area contributed by atoms with Crippen LogP contribution in [0.3, 0.4) is 0 Å². The number of likely N-dealkylation sites (tertiary alicyclic amines) is 1. The molecule has 0 spiro atoms. The molecule has 1 saturated heterocycles. The maximum absolute atomic E-state index is 12.3. The first-order valence-corrected chi connectivity index (χ1v) is 11.7. The van der Waals surface area contributed by atoms with Gasteiger partial charge in [-0.05, 0) is 36.3 Å². The third-order valence-electron chi connectivity index (χ3n) is 4.69. The van der Waals surface area contributed by atoms with E-state index in [9.17, 15) is 14.7 Å². The summed E-state index contributed by atoms with van der Waals surface area (Å²) in [7, 11) is 0. The average Bonchev–Trinajstić information content (AvgIpc) is 3.11. The Kier molecular flexibility index (Phi) is 9.81. The Morgan fingerprint density at radius 2 is 2.29 bits per heavy atom. The van der Waals surface area contributed by atoms with Crippen molar-refractivity contribution in [2.45, 2.75) is 51.2 Å². The molecule has 1 aliphatic rings. The number of piperidine rings is 1. The van der Waals surface area contributed by atoms with Crippen LogP contribution in [0.1, 0.15) is 36.6 Å². The zero-order valence-electron chi connectivity index (χ0n) is 16.3. The van der Waals surface area contributed by atoms with Gasteiger partial charge in [-0.2, -0.15) is 0 Å². The lowest BCUT2D eigenvalue weighted by Crippen LogP contribution is -2.42. The number of thiophene rings is 1. The molecule has 1 unspecified atom stereocenters. The molecule has 5 nitrogen and oxygen atoms in total. The summed E-state index contributed by atoms with van der Waals surface area (Å²) < 4.78 is 0. The average molecular weight is 424 g/mol. The summed E-state index contributed by atoms with van der Waals surface area (Å²) in [5.41, 5.74) is 1.29. The molecule has 0 saturated carbocycles. The Balaban J connectivity index is 1.88. The van der Waals surface area contributed by atoms with Crippen molar-refractivity contribution >= 4 is 35.0 Å². The number of amides is 1. The molecule has 154 valence electrons. The molecule has 2 atom stereocenters. The lowest BCUT2D eigenvalue weighted by atomic mass is 10.00. The van der Waals surface area contributed by atoms with Crippen molar-refractivity contribution in [3.05, 3.63) is 46.2 Å². The highest BCUT2D eigenvalue weighted by molar-refractivity contribution is 8.00.